The highest BCUT2D eigenvalue weighted by Crippen LogP contribution is 2.15. The van der Waals surface area contributed by atoms with Crippen LogP contribution >= 0.6 is 11.8 Å². The van der Waals surface area contributed by atoms with Gasteiger partial charge >= 0.3 is 0 Å². The Kier molecular flexibility index (Phi) is 4.32. The predicted octanol–water partition coefficient (Wildman–Crippen LogP) is 1.43. The lowest BCUT2D eigenvalue weighted by atomic mass is 10.3. The van der Waals surface area contributed by atoms with Crippen LogP contribution in [0, 0.1) is 0 Å². The van der Waals surface area contributed by atoms with Gasteiger partial charge in [0, 0.05) is 25.2 Å². The van der Waals surface area contributed by atoms with Crippen LogP contribution in [0.1, 0.15) is 18.8 Å². The number of hydrogen-bond donors (Lipinski definition) is 1. The molecule has 0 aliphatic rings. The number of rotatable bonds is 5. The number of hydrogen-bond acceptors (Lipinski definition) is 3. The summed E-state index contributed by atoms with van der Waals surface area (Å²) in [6, 6.07) is 0.366. The first-order chi connectivity index (χ1) is 6.29. The molecule has 0 saturated heterocycles. The molecule has 1 aromatic rings. The second kappa shape index (κ2) is 5.29. The number of aryl methyl sites for hydroxylation is 1. The Morgan fingerprint density at radius 1 is 1.69 bits per heavy atom. The molecule has 74 valence electrons. The average Bonchev–Trinajstić information content (AvgIpc) is 2.54. The molecule has 0 bridgehead atoms. The van der Waals surface area contributed by atoms with Gasteiger partial charge in [-0.05, 0) is 12.8 Å². The van der Waals surface area contributed by atoms with Crippen molar-refractivity contribution in [1.82, 2.24) is 14.9 Å². The van der Waals surface area contributed by atoms with Crippen LogP contribution in [-0.2, 0) is 7.05 Å². The molecule has 4 heteroatoms. The highest BCUT2D eigenvalue weighted by Gasteiger charge is 2.12. The SMILES string of the molecule is CCSCC(NC)c1nccn1C. The van der Waals surface area contributed by atoms with Gasteiger partial charge < -0.3 is 9.88 Å². The van der Waals surface area contributed by atoms with E-state index in [2.05, 4.69) is 21.8 Å². The first-order valence-corrected chi connectivity index (χ1v) is 5.67. The summed E-state index contributed by atoms with van der Waals surface area (Å²) in [7, 11) is 4.01. The maximum absolute atomic E-state index is 4.33. The number of aromatic nitrogens is 2. The molecule has 0 amide bonds. The van der Waals surface area contributed by atoms with Gasteiger partial charge in [0.25, 0.3) is 0 Å². The molecule has 0 spiro atoms. The van der Waals surface area contributed by atoms with E-state index in [1.54, 1.807) is 0 Å². The molecule has 1 atom stereocenters. The van der Waals surface area contributed by atoms with Crippen molar-refractivity contribution in [3.8, 4) is 0 Å². The van der Waals surface area contributed by atoms with Crippen LogP contribution in [0.4, 0.5) is 0 Å². The van der Waals surface area contributed by atoms with Gasteiger partial charge in [0.1, 0.15) is 5.82 Å². The molecule has 1 unspecified atom stereocenters. The lowest BCUT2D eigenvalue weighted by molar-refractivity contribution is 0.593. The zero-order valence-electron chi connectivity index (χ0n) is 8.45. The van der Waals surface area contributed by atoms with Crippen LogP contribution in [0.15, 0.2) is 12.4 Å². The van der Waals surface area contributed by atoms with E-state index in [1.165, 1.54) is 0 Å². The number of imidazole rings is 1. The molecule has 1 rings (SSSR count). The zero-order valence-corrected chi connectivity index (χ0v) is 9.27. The lowest BCUT2D eigenvalue weighted by Crippen LogP contribution is -2.22. The molecule has 1 N–H and O–H groups in total. The number of nitrogens with zero attached hydrogens (tertiary/aromatic N) is 2. The van der Waals surface area contributed by atoms with Crippen molar-refractivity contribution < 1.29 is 0 Å². The fourth-order valence-corrected chi connectivity index (χ4v) is 2.02. The van der Waals surface area contributed by atoms with Crippen molar-refractivity contribution in [1.29, 1.82) is 0 Å². The van der Waals surface area contributed by atoms with Gasteiger partial charge in [-0.3, -0.25) is 0 Å². The lowest BCUT2D eigenvalue weighted by Gasteiger charge is -2.14. The first-order valence-electron chi connectivity index (χ1n) is 4.51. The van der Waals surface area contributed by atoms with E-state index in [-0.39, 0.29) is 0 Å². The minimum Gasteiger partial charge on any atom is -0.337 e. The van der Waals surface area contributed by atoms with E-state index in [9.17, 15) is 0 Å². The van der Waals surface area contributed by atoms with E-state index in [4.69, 9.17) is 0 Å². The molecule has 3 nitrogen and oxygen atoms in total. The first kappa shape index (κ1) is 10.6. The van der Waals surface area contributed by atoms with Gasteiger partial charge in [-0.15, -0.1) is 0 Å². The van der Waals surface area contributed by atoms with E-state index < -0.39 is 0 Å². The number of thioether (sulfide) groups is 1. The smallest absolute Gasteiger partial charge is 0.126 e. The van der Waals surface area contributed by atoms with Crippen LogP contribution in [0.5, 0.6) is 0 Å². The summed E-state index contributed by atoms with van der Waals surface area (Å²) in [5, 5.41) is 3.28. The molecule has 0 aromatic carbocycles. The molecule has 0 aliphatic carbocycles. The Hall–Kier alpha value is -0.480. The third-order valence-electron chi connectivity index (χ3n) is 2.01. The summed E-state index contributed by atoms with van der Waals surface area (Å²) in [6.07, 6.45) is 3.83. The van der Waals surface area contributed by atoms with Gasteiger partial charge in [0.15, 0.2) is 0 Å². The molecule has 1 aromatic heterocycles. The molecule has 0 saturated carbocycles. The Balaban J connectivity index is 2.61. The quantitative estimate of drug-likeness (QED) is 0.778. The number of nitrogens with one attached hydrogen (secondary N) is 1. The monoisotopic (exact) mass is 199 g/mol. The Bertz CT molecular complexity index is 247. The van der Waals surface area contributed by atoms with Crippen molar-refractivity contribution in [3.05, 3.63) is 18.2 Å². The molecule has 0 radical (unpaired) electrons. The standard InChI is InChI=1S/C9H17N3S/c1-4-13-7-8(10-2)9-11-5-6-12(9)3/h5-6,8,10H,4,7H2,1-3H3. The van der Waals surface area contributed by atoms with Crippen LogP contribution in [0.2, 0.25) is 0 Å². The summed E-state index contributed by atoms with van der Waals surface area (Å²) in [5.74, 6) is 3.35. The van der Waals surface area contributed by atoms with Crippen molar-refractivity contribution in [3.63, 3.8) is 0 Å². The fraction of sp³-hybridized carbons (Fsp3) is 0.667. The normalized spacial score (nSPS) is 13.2. The molecule has 13 heavy (non-hydrogen) atoms. The summed E-state index contributed by atoms with van der Waals surface area (Å²) in [5.41, 5.74) is 0. The second-order valence-corrected chi connectivity index (χ2v) is 4.22. The predicted molar refractivity (Wildman–Crippen MR) is 58.0 cm³/mol. The van der Waals surface area contributed by atoms with Gasteiger partial charge in [-0.2, -0.15) is 11.8 Å². The van der Waals surface area contributed by atoms with E-state index in [1.807, 2.05) is 38.3 Å². The maximum Gasteiger partial charge on any atom is 0.126 e. The fourth-order valence-electron chi connectivity index (χ4n) is 1.24. The van der Waals surface area contributed by atoms with E-state index in [0.717, 1.165) is 17.3 Å². The molecule has 0 fully saturated rings. The summed E-state index contributed by atoms with van der Waals surface area (Å²) < 4.78 is 2.07. The van der Waals surface area contributed by atoms with Crippen LogP contribution in [-0.4, -0.2) is 28.1 Å². The van der Waals surface area contributed by atoms with Crippen molar-refractivity contribution in [2.75, 3.05) is 18.6 Å². The Morgan fingerprint density at radius 2 is 2.46 bits per heavy atom. The largest absolute Gasteiger partial charge is 0.337 e. The van der Waals surface area contributed by atoms with Crippen LogP contribution in [0.25, 0.3) is 0 Å². The Morgan fingerprint density at radius 3 is 2.92 bits per heavy atom. The maximum atomic E-state index is 4.33. The van der Waals surface area contributed by atoms with Gasteiger partial charge in [0.05, 0.1) is 6.04 Å². The van der Waals surface area contributed by atoms with E-state index in [0.29, 0.717) is 6.04 Å². The third kappa shape index (κ3) is 2.74. The molecular formula is C9H17N3S. The second-order valence-electron chi connectivity index (χ2n) is 2.90. The summed E-state index contributed by atoms with van der Waals surface area (Å²) in [6.45, 7) is 2.18. The molecular weight excluding hydrogens is 182 g/mol. The minimum absolute atomic E-state index is 0.366. The van der Waals surface area contributed by atoms with Gasteiger partial charge in [-0.1, -0.05) is 6.92 Å². The summed E-state index contributed by atoms with van der Waals surface area (Å²) in [4.78, 5) is 4.33. The Labute approximate surface area is 83.9 Å². The summed E-state index contributed by atoms with van der Waals surface area (Å²) >= 11 is 1.93. The van der Waals surface area contributed by atoms with Crippen molar-refractivity contribution in [2.24, 2.45) is 7.05 Å². The van der Waals surface area contributed by atoms with Gasteiger partial charge in [-0.25, -0.2) is 4.98 Å². The van der Waals surface area contributed by atoms with Crippen LogP contribution in [0.3, 0.4) is 0 Å². The third-order valence-corrected chi connectivity index (χ3v) is 2.98. The zero-order chi connectivity index (χ0) is 9.68. The van der Waals surface area contributed by atoms with Crippen LogP contribution < -0.4 is 5.32 Å². The molecule has 0 aliphatic heterocycles. The highest BCUT2D eigenvalue weighted by atomic mass is 32.2. The van der Waals surface area contributed by atoms with Crippen molar-refractivity contribution in [2.45, 2.75) is 13.0 Å². The van der Waals surface area contributed by atoms with E-state index >= 15 is 0 Å². The average molecular weight is 199 g/mol. The van der Waals surface area contributed by atoms with Crippen molar-refractivity contribution >= 4 is 11.8 Å². The minimum atomic E-state index is 0.366. The highest BCUT2D eigenvalue weighted by molar-refractivity contribution is 7.99. The van der Waals surface area contributed by atoms with Gasteiger partial charge in [0.2, 0.25) is 0 Å². The topological polar surface area (TPSA) is 29.9 Å². The molecule has 1 heterocycles.